The Hall–Kier alpha value is -3.93. The largest absolute Gasteiger partial charge is 0.465 e. The number of nitrogens with one attached hydrogen (secondary N) is 1. The maximum Gasteiger partial charge on any atom is 0.337 e. The number of aromatic amines is 1. The minimum atomic E-state index is -0.494. The summed E-state index contributed by atoms with van der Waals surface area (Å²) in [5.74, 6) is -1.02. The van der Waals surface area contributed by atoms with Gasteiger partial charge in [0, 0.05) is 28.7 Å². The number of hydrogen-bond acceptors (Lipinski definition) is 3. The van der Waals surface area contributed by atoms with Crippen LogP contribution >= 0.6 is 0 Å². The highest BCUT2D eigenvalue weighted by Crippen LogP contribution is 2.39. The molecule has 0 spiro atoms. The first kappa shape index (κ1) is 20.0. The Kier molecular flexibility index (Phi) is 4.98. The second kappa shape index (κ2) is 7.96. The fourth-order valence-corrected chi connectivity index (χ4v) is 4.51. The van der Waals surface area contributed by atoms with Crippen molar-refractivity contribution in [1.29, 1.82) is 0 Å². The SMILES string of the molecule is COC(=O)c1cccc(C(=O)N2CCc3c([nH]c4ccccc34)C2c2ccc(F)cc2)c1. The first-order valence-electron chi connectivity index (χ1n) is 10.4. The number of amides is 1. The number of aromatic nitrogens is 1. The van der Waals surface area contributed by atoms with Crippen molar-refractivity contribution in [3.63, 3.8) is 0 Å². The quantitative estimate of drug-likeness (QED) is 0.473. The monoisotopic (exact) mass is 428 g/mol. The highest BCUT2D eigenvalue weighted by atomic mass is 19.1. The third kappa shape index (κ3) is 3.34. The molecule has 1 unspecified atom stereocenters. The van der Waals surface area contributed by atoms with Gasteiger partial charge in [-0.05, 0) is 53.9 Å². The third-order valence-electron chi connectivity index (χ3n) is 6.01. The van der Waals surface area contributed by atoms with Crippen molar-refractivity contribution in [3.8, 4) is 0 Å². The van der Waals surface area contributed by atoms with Gasteiger partial charge in [-0.2, -0.15) is 0 Å². The third-order valence-corrected chi connectivity index (χ3v) is 6.01. The zero-order valence-corrected chi connectivity index (χ0v) is 17.5. The van der Waals surface area contributed by atoms with Gasteiger partial charge < -0.3 is 14.6 Å². The maximum atomic E-state index is 13.7. The molecule has 1 amide bonds. The summed E-state index contributed by atoms with van der Waals surface area (Å²) in [5.41, 5.74) is 4.64. The van der Waals surface area contributed by atoms with Crippen LogP contribution in [0.3, 0.4) is 0 Å². The van der Waals surface area contributed by atoms with Gasteiger partial charge in [-0.3, -0.25) is 4.79 Å². The standard InChI is InChI=1S/C26H21FN2O3/c1-32-26(31)18-6-4-5-17(15-18)25(30)29-14-13-21-20-7-2-3-8-22(20)28-23(21)24(29)16-9-11-19(27)12-10-16/h2-12,15,24,28H,13-14H2,1H3. The van der Waals surface area contributed by atoms with Gasteiger partial charge in [0.25, 0.3) is 5.91 Å². The molecule has 6 heteroatoms. The number of carbonyl (C=O) groups is 2. The van der Waals surface area contributed by atoms with E-state index in [1.54, 1.807) is 41.3 Å². The first-order valence-corrected chi connectivity index (χ1v) is 10.4. The molecule has 0 fully saturated rings. The number of methoxy groups -OCH3 is 1. The Morgan fingerprint density at radius 2 is 1.75 bits per heavy atom. The van der Waals surface area contributed by atoms with E-state index in [9.17, 15) is 14.0 Å². The van der Waals surface area contributed by atoms with E-state index in [4.69, 9.17) is 4.74 Å². The van der Waals surface area contributed by atoms with E-state index in [0.29, 0.717) is 24.1 Å². The molecule has 1 N–H and O–H groups in total. The number of ether oxygens (including phenoxy) is 1. The van der Waals surface area contributed by atoms with Gasteiger partial charge in [0.1, 0.15) is 5.82 Å². The van der Waals surface area contributed by atoms with Crippen LogP contribution in [0.15, 0.2) is 72.8 Å². The molecule has 5 nitrogen and oxygen atoms in total. The van der Waals surface area contributed by atoms with E-state index in [2.05, 4.69) is 11.1 Å². The van der Waals surface area contributed by atoms with Crippen LogP contribution in [0.25, 0.3) is 10.9 Å². The average molecular weight is 428 g/mol. The number of nitrogens with zero attached hydrogens (tertiary/aromatic N) is 1. The van der Waals surface area contributed by atoms with Crippen LogP contribution in [0.2, 0.25) is 0 Å². The van der Waals surface area contributed by atoms with Crippen molar-refractivity contribution in [2.75, 3.05) is 13.7 Å². The van der Waals surface area contributed by atoms with Crippen LogP contribution in [0.1, 0.15) is 43.6 Å². The summed E-state index contributed by atoms with van der Waals surface area (Å²) in [6.45, 7) is 0.498. The molecule has 0 bridgehead atoms. The molecule has 4 aromatic rings. The van der Waals surface area contributed by atoms with Crippen molar-refractivity contribution in [2.45, 2.75) is 12.5 Å². The van der Waals surface area contributed by atoms with Crippen molar-refractivity contribution >= 4 is 22.8 Å². The second-order valence-corrected chi connectivity index (χ2v) is 7.84. The number of H-pyrrole nitrogens is 1. The molecule has 1 aliphatic rings. The lowest BCUT2D eigenvalue weighted by Gasteiger charge is -2.36. The van der Waals surface area contributed by atoms with Crippen LogP contribution in [-0.2, 0) is 11.2 Å². The number of hydrogen-bond donors (Lipinski definition) is 1. The van der Waals surface area contributed by atoms with E-state index in [-0.39, 0.29) is 11.7 Å². The number of halogens is 1. The first-order chi connectivity index (χ1) is 15.6. The molecular weight excluding hydrogens is 407 g/mol. The van der Waals surface area contributed by atoms with Crippen LogP contribution in [0.5, 0.6) is 0 Å². The highest BCUT2D eigenvalue weighted by molar-refractivity contribution is 5.98. The Bertz CT molecular complexity index is 1330. The number of para-hydroxylation sites is 1. The minimum Gasteiger partial charge on any atom is -0.465 e. The zero-order valence-electron chi connectivity index (χ0n) is 17.5. The summed E-state index contributed by atoms with van der Waals surface area (Å²) in [4.78, 5) is 30.9. The van der Waals surface area contributed by atoms with Crippen LogP contribution in [-0.4, -0.2) is 35.4 Å². The molecule has 1 aromatic heterocycles. The Morgan fingerprint density at radius 1 is 1.00 bits per heavy atom. The van der Waals surface area contributed by atoms with Gasteiger partial charge >= 0.3 is 5.97 Å². The van der Waals surface area contributed by atoms with Gasteiger partial charge in [0.2, 0.25) is 0 Å². The molecule has 0 aliphatic carbocycles. The summed E-state index contributed by atoms with van der Waals surface area (Å²) in [6, 6.07) is 20.4. The Morgan fingerprint density at radius 3 is 2.53 bits per heavy atom. The summed E-state index contributed by atoms with van der Waals surface area (Å²) < 4.78 is 18.5. The fourth-order valence-electron chi connectivity index (χ4n) is 4.51. The molecule has 1 aliphatic heterocycles. The normalized spacial score (nSPS) is 15.4. The summed E-state index contributed by atoms with van der Waals surface area (Å²) >= 11 is 0. The molecule has 160 valence electrons. The van der Waals surface area contributed by atoms with Crippen molar-refractivity contribution in [3.05, 3.63) is 107 Å². The van der Waals surface area contributed by atoms with Crippen molar-refractivity contribution in [2.24, 2.45) is 0 Å². The zero-order chi connectivity index (χ0) is 22.2. The molecule has 0 saturated carbocycles. The average Bonchev–Trinajstić information content (AvgIpc) is 3.22. The molecular formula is C26H21FN2O3. The van der Waals surface area contributed by atoms with Crippen LogP contribution in [0, 0.1) is 5.82 Å². The molecule has 1 atom stereocenters. The Balaban J connectivity index is 1.62. The number of esters is 1. The summed E-state index contributed by atoms with van der Waals surface area (Å²) in [5, 5.41) is 1.13. The predicted molar refractivity (Wildman–Crippen MR) is 119 cm³/mol. The fraction of sp³-hybridized carbons (Fsp3) is 0.154. The second-order valence-electron chi connectivity index (χ2n) is 7.84. The van der Waals surface area contributed by atoms with Crippen LogP contribution in [0.4, 0.5) is 4.39 Å². The van der Waals surface area contributed by atoms with E-state index < -0.39 is 12.0 Å². The molecule has 2 heterocycles. The Labute approximate surface area is 184 Å². The topological polar surface area (TPSA) is 62.4 Å². The van der Waals surface area contributed by atoms with Gasteiger partial charge in [-0.15, -0.1) is 0 Å². The maximum absolute atomic E-state index is 13.7. The van der Waals surface area contributed by atoms with Crippen LogP contribution < -0.4 is 0 Å². The van der Waals surface area contributed by atoms with E-state index in [0.717, 1.165) is 22.2 Å². The minimum absolute atomic E-state index is 0.200. The number of rotatable bonds is 3. The molecule has 5 rings (SSSR count). The molecule has 0 saturated heterocycles. The van der Waals surface area contributed by atoms with E-state index in [1.807, 2.05) is 18.2 Å². The number of benzene rings is 3. The van der Waals surface area contributed by atoms with E-state index >= 15 is 0 Å². The van der Waals surface area contributed by atoms with Gasteiger partial charge in [0.05, 0.1) is 18.7 Å². The summed E-state index contributed by atoms with van der Waals surface area (Å²) in [6.07, 6.45) is 0.694. The number of fused-ring (bicyclic) bond motifs is 3. The lowest BCUT2D eigenvalue weighted by atomic mass is 9.91. The van der Waals surface area contributed by atoms with Crippen molar-refractivity contribution < 1.29 is 18.7 Å². The smallest absolute Gasteiger partial charge is 0.337 e. The lowest BCUT2D eigenvalue weighted by Crippen LogP contribution is -2.40. The van der Waals surface area contributed by atoms with E-state index in [1.165, 1.54) is 24.8 Å². The van der Waals surface area contributed by atoms with Gasteiger partial charge in [0.15, 0.2) is 0 Å². The van der Waals surface area contributed by atoms with Gasteiger partial charge in [-0.1, -0.05) is 36.4 Å². The lowest BCUT2D eigenvalue weighted by molar-refractivity contribution is 0.0600. The molecule has 32 heavy (non-hydrogen) atoms. The number of carbonyl (C=O) groups excluding carboxylic acids is 2. The predicted octanol–water partition coefficient (Wildman–Crippen LogP) is 4.88. The summed E-state index contributed by atoms with van der Waals surface area (Å²) in [7, 11) is 1.31. The molecule has 3 aromatic carbocycles. The molecule has 0 radical (unpaired) electrons. The highest BCUT2D eigenvalue weighted by Gasteiger charge is 2.35. The van der Waals surface area contributed by atoms with Crippen molar-refractivity contribution in [1.82, 2.24) is 9.88 Å². The van der Waals surface area contributed by atoms with Gasteiger partial charge in [-0.25, -0.2) is 9.18 Å².